The van der Waals surface area contributed by atoms with Crippen molar-refractivity contribution < 1.29 is 4.74 Å². The van der Waals surface area contributed by atoms with E-state index in [1.807, 2.05) is 30.3 Å². The summed E-state index contributed by atoms with van der Waals surface area (Å²) in [6.07, 6.45) is 6.43. The van der Waals surface area contributed by atoms with Crippen LogP contribution in [0.4, 0.5) is 0 Å². The quantitative estimate of drug-likeness (QED) is 0.856. The highest BCUT2D eigenvalue weighted by atomic mass is 16.5. The third-order valence-electron chi connectivity index (χ3n) is 4.41. The molecule has 0 heterocycles. The van der Waals surface area contributed by atoms with Crippen LogP contribution in [0.3, 0.4) is 0 Å². The lowest BCUT2D eigenvalue weighted by Gasteiger charge is -2.44. The van der Waals surface area contributed by atoms with Crippen LogP contribution in [0.5, 0.6) is 5.75 Å². The third kappa shape index (κ3) is 3.71. The van der Waals surface area contributed by atoms with Crippen LogP contribution in [0, 0.1) is 0 Å². The molecule has 0 aliphatic heterocycles. The zero-order valence-electron chi connectivity index (χ0n) is 12.0. The second-order valence-corrected chi connectivity index (χ2v) is 5.57. The lowest BCUT2D eigenvalue weighted by Crippen LogP contribution is -2.54. The average Bonchev–Trinajstić information content (AvgIpc) is 2.49. The maximum Gasteiger partial charge on any atom is 0.119 e. The maximum absolute atomic E-state index is 6.04. The summed E-state index contributed by atoms with van der Waals surface area (Å²) in [7, 11) is 2.19. The molecule has 0 saturated heterocycles. The second kappa shape index (κ2) is 6.92. The van der Waals surface area contributed by atoms with Gasteiger partial charge in [-0.25, -0.2) is 0 Å². The van der Waals surface area contributed by atoms with Gasteiger partial charge in [-0.1, -0.05) is 37.5 Å². The van der Waals surface area contributed by atoms with Gasteiger partial charge < -0.3 is 10.5 Å². The first-order valence-corrected chi connectivity index (χ1v) is 7.36. The Morgan fingerprint density at radius 1 is 1.16 bits per heavy atom. The van der Waals surface area contributed by atoms with Gasteiger partial charge in [0.25, 0.3) is 0 Å². The summed E-state index contributed by atoms with van der Waals surface area (Å²) in [5, 5.41) is 0. The summed E-state index contributed by atoms with van der Waals surface area (Å²) in [5.41, 5.74) is 6.25. The number of ether oxygens (including phenoxy) is 1. The number of hydrogen-bond acceptors (Lipinski definition) is 3. The summed E-state index contributed by atoms with van der Waals surface area (Å²) in [4.78, 5) is 2.41. The Morgan fingerprint density at radius 2 is 1.84 bits per heavy atom. The predicted octanol–water partition coefficient (Wildman–Crippen LogP) is 2.66. The zero-order chi connectivity index (χ0) is 13.6. The van der Waals surface area contributed by atoms with Crippen molar-refractivity contribution in [1.29, 1.82) is 0 Å². The molecular formula is C16H26N2O. The van der Waals surface area contributed by atoms with E-state index in [4.69, 9.17) is 10.5 Å². The Balaban J connectivity index is 1.81. The molecule has 0 aromatic heterocycles. The van der Waals surface area contributed by atoms with Gasteiger partial charge in [0.15, 0.2) is 0 Å². The molecule has 0 atom stereocenters. The van der Waals surface area contributed by atoms with Gasteiger partial charge in [0.2, 0.25) is 0 Å². The van der Waals surface area contributed by atoms with Crippen molar-refractivity contribution in [2.24, 2.45) is 5.73 Å². The van der Waals surface area contributed by atoms with Gasteiger partial charge in [0.1, 0.15) is 12.4 Å². The number of rotatable bonds is 6. The monoisotopic (exact) mass is 262 g/mol. The number of nitrogens with two attached hydrogens (primary N) is 1. The Kier molecular flexibility index (Phi) is 5.23. The molecule has 1 aromatic carbocycles. The van der Waals surface area contributed by atoms with Crippen LogP contribution in [-0.4, -0.2) is 37.2 Å². The van der Waals surface area contributed by atoms with Crippen molar-refractivity contribution in [3.8, 4) is 5.75 Å². The van der Waals surface area contributed by atoms with E-state index in [1.165, 1.54) is 32.1 Å². The van der Waals surface area contributed by atoms with Crippen LogP contribution in [0.1, 0.15) is 32.1 Å². The molecule has 1 aliphatic carbocycles. The van der Waals surface area contributed by atoms with Crippen molar-refractivity contribution in [1.82, 2.24) is 4.90 Å². The number of nitrogens with zero attached hydrogens (tertiary/aromatic N) is 1. The number of para-hydroxylation sites is 1. The van der Waals surface area contributed by atoms with Gasteiger partial charge in [-0.2, -0.15) is 0 Å². The molecule has 0 spiro atoms. The van der Waals surface area contributed by atoms with E-state index in [0.29, 0.717) is 0 Å². The van der Waals surface area contributed by atoms with Gasteiger partial charge in [-0.3, -0.25) is 4.90 Å². The molecule has 2 N–H and O–H groups in total. The van der Waals surface area contributed by atoms with E-state index in [-0.39, 0.29) is 5.54 Å². The molecule has 1 saturated carbocycles. The molecule has 1 aromatic rings. The Hall–Kier alpha value is -1.06. The minimum absolute atomic E-state index is 0.207. The van der Waals surface area contributed by atoms with Crippen molar-refractivity contribution in [2.75, 3.05) is 26.7 Å². The Morgan fingerprint density at radius 3 is 2.47 bits per heavy atom. The lowest BCUT2D eigenvalue weighted by atomic mass is 9.80. The lowest BCUT2D eigenvalue weighted by molar-refractivity contribution is 0.0692. The van der Waals surface area contributed by atoms with Gasteiger partial charge in [-0.05, 0) is 32.0 Å². The number of hydrogen-bond donors (Lipinski definition) is 1. The third-order valence-corrected chi connectivity index (χ3v) is 4.41. The molecule has 0 bridgehead atoms. The van der Waals surface area contributed by atoms with Crippen molar-refractivity contribution in [3.05, 3.63) is 30.3 Å². The topological polar surface area (TPSA) is 38.5 Å². The highest BCUT2D eigenvalue weighted by Crippen LogP contribution is 2.31. The molecule has 3 nitrogen and oxygen atoms in total. The van der Waals surface area contributed by atoms with E-state index in [2.05, 4.69) is 11.9 Å². The molecule has 1 fully saturated rings. The summed E-state index contributed by atoms with van der Waals surface area (Å²) in [5.74, 6) is 0.946. The van der Waals surface area contributed by atoms with Gasteiger partial charge in [0, 0.05) is 18.6 Å². The average molecular weight is 262 g/mol. The van der Waals surface area contributed by atoms with E-state index < -0.39 is 0 Å². The summed E-state index contributed by atoms with van der Waals surface area (Å²) in [6, 6.07) is 10.0. The Labute approximate surface area is 116 Å². The van der Waals surface area contributed by atoms with Crippen LogP contribution in [0.25, 0.3) is 0 Å². The predicted molar refractivity (Wildman–Crippen MR) is 79.4 cm³/mol. The summed E-state index contributed by atoms with van der Waals surface area (Å²) < 4.78 is 5.77. The standard InChI is InChI=1S/C16H26N2O/c1-18(16(14-17)10-6-3-7-11-16)12-13-19-15-8-4-2-5-9-15/h2,4-5,8-9H,3,6-7,10-14,17H2,1H3. The molecule has 1 aliphatic rings. The van der Waals surface area contributed by atoms with E-state index in [1.54, 1.807) is 0 Å². The number of benzene rings is 1. The molecule has 0 amide bonds. The molecule has 0 unspecified atom stereocenters. The first-order chi connectivity index (χ1) is 9.27. The summed E-state index contributed by atoms with van der Waals surface area (Å²) in [6.45, 7) is 2.42. The molecule has 19 heavy (non-hydrogen) atoms. The molecule has 106 valence electrons. The SMILES string of the molecule is CN(CCOc1ccccc1)C1(CN)CCCCC1. The van der Waals surface area contributed by atoms with Crippen molar-refractivity contribution in [3.63, 3.8) is 0 Å². The fraction of sp³-hybridized carbons (Fsp3) is 0.625. The van der Waals surface area contributed by atoms with E-state index in [9.17, 15) is 0 Å². The molecule has 0 radical (unpaired) electrons. The first kappa shape index (κ1) is 14.4. The highest BCUT2D eigenvalue weighted by molar-refractivity contribution is 5.20. The van der Waals surface area contributed by atoms with Crippen molar-refractivity contribution >= 4 is 0 Å². The number of likely N-dealkylation sites (N-methyl/N-ethyl adjacent to an activating group) is 1. The largest absolute Gasteiger partial charge is 0.492 e. The van der Waals surface area contributed by atoms with Gasteiger partial charge in [0.05, 0.1) is 0 Å². The molecule has 3 heteroatoms. The van der Waals surface area contributed by atoms with Crippen LogP contribution < -0.4 is 10.5 Å². The second-order valence-electron chi connectivity index (χ2n) is 5.57. The van der Waals surface area contributed by atoms with E-state index in [0.717, 1.165) is 25.4 Å². The van der Waals surface area contributed by atoms with Gasteiger partial charge in [-0.15, -0.1) is 0 Å². The highest BCUT2D eigenvalue weighted by Gasteiger charge is 2.34. The van der Waals surface area contributed by atoms with Crippen LogP contribution in [0.15, 0.2) is 30.3 Å². The zero-order valence-corrected chi connectivity index (χ0v) is 12.0. The van der Waals surface area contributed by atoms with Crippen LogP contribution >= 0.6 is 0 Å². The fourth-order valence-corrected chi connectivity index (χ4v) is 3.01. The molecule has 2 rings (SSSR count). The van der Waals surface area contributed by atoms with E-state index >= 15 is 0 Å². The smallest absolute Gasteiger partial charge is 0.119 e. The minimum atomic E-state index is 0.207. The van der Waals surface area contributed by atoms with Crippen LogP contribution in [0.2, 0.25) is 0 Å². The Bertz CT molecular complexity index is 360. The van der Waals surface area contributed by atoms with Gasteiger partial charge >= 0.3 is 0 Å². The normalized spacial score (nSPS) is 18.5. The maximum atomic E-state index is 6.04. The van der Waals surface area contributed by atoms with Crippen molar-refractivity contribution in [2.45, 2.75) is 37.6 Å². The summed E-state index contributed by atoms with van der Waals surface area (Å²) >= 11 is 0. The minimum Gasteiger partial charge on any atom is -0.492 e. The fourth-order valence-electron chi connectivity index (χ4n) is 3.01. The van der Waals surface area contributed by atoms with Crippen LogP contribution in [-0.2, 0) is 0 Å². The molecular weight excluding hydrogens is 236 g/mol. The first-order valence-electron chi connectivity index (χ1n) is 7.36.